The number of hydrogen-bond acceptors (Lipinski definition) is 5. The Balaban J connectivity index is 1.90. The van der Waals surface area contributed by atoms with Gasteiger partial charge < -0.3 is 9.32 Å². The van der Waals surface area contributed by atoms with Crippen LogP contribution in [-0.2, 0) is 17.0 Å². The van der Waals surface area contributed by atoms with Crippen LogP contribution in [0.25, 0.3) is 0 Å². The number of nitrogens with zero attached hydrogens (tertiary/aromatic N) is 2. The third-order valence-corrected chi connectivity index (χ3v) is 4.42. The van der Waals surface area contributed by atoms with Gasteiger partial charge in [0.2, 0.25) is 5.89 Å². The van der Waals surface area contributed by atoms with Gasteiger partial charge in [0.1, 0.15) is 5.78 Å². The summed E-state index contributed by atoms with van der Waals surface area (Å²) in [6, 6.07) is 7.99. The third-order valence-electron chi connectivity index (χ3n) is 2.39. The molecule has 0 aliphatic carbocycles. The molecule has 0 amide bonds. The van der Waals surface area contributed by atoms with Crippen molar-refractivity contribution in [2.24, 2.45) is 0 Å². The predicted molar refractivity (Wildman–Crippen MR) is 77.0 cm³/mol. The van der Waals surface area contributed by atoms with Crippen LogP contribution in [-0.4, -0.2) is 15.9 Å². The Morgan fingerprint density at radius 1 is 1.42 bits per heavy atom. The van der Waals surface area contributed by atoms with Gasteiger partial charge in [0.05, 0.1) is 5.75 Å². The van der Waals surface area contributed by atoms with E-state index in [9.17, 15) is 4.79 Å². The van der Waals surface area contributed by atoms with Crippen molar-refractivity contribution in [3.63, 3.8) is 0 Å². The summed E-state index contributed by atoms with van der Waals surface area (Å²) in [5.74, 6) is 1.95. The van der Waals surface area contributed by atoms with E-state index in [1.54, 1.807) is 18.7 Å². The number of ketones is 1. The van der Waals surface area contributed by atoms with E-state index in [0.717, 1.165) is 9.37 Å². The first-order valence-electron chi connectivity index (χ1n) is 5.83. The maximum atomic E-state index is 10.9. The van der Waals surface area contributed by atoms with Crippen molar-refractivity contribution in [1.82, 2.24) is 10.1 Å². The Kier molecular flexibility index (Phi) is 5.15. The van der Waals surface area contributed by atoms with Gasteiger partial charge in [-0.05, 0) is 35.0 Å². The average Bonchev–Trinajstić information content (AvgIpc) is 2.83. The van der Waals surface area contributed by atoms with Gasteiger partial charge in [-0.1, -0.05) is 17.3 Å². The van der Waals surface area contributed by atoms with Crippen molar-refractivity contribution < 1.29 is 9.32 Å². The van der Waals surface area contributed by atoms with Crippen LogP contribution in [0.5, 0.6) is 0 Å². The second kappa shape index (κ2) is 6.86. The SMILES string of the molecule is CC(=O)CCc1nc(CSc2ccccc2Br)no1. The molecule has 2 rings (SSSR count). The quantitative estimate of drug-likeness (QED) is 0.751. The summed E-state index contributed by atoms with van der Waals surface area (Å²) in [7, 11) is 0. The first-order chi connectivity index (χ1) is 9.15. The molecule has 0 radical (unpaired) electrons. The zero-order valence-corrected chi connectivity index (χ0v) is 12.8. The van der Waals surface area contributed by atoms with E-state index < -0.39 is 0 Å². The summed E-state index contributed by atoms with van der Waals surface area (Å²) < 4.78 is 6.15. The zero-order valence-electron chi connectivity index (χ0n) is 10.4. The molecule has 4 nitrogen and oxygen atoms in total. The number of hydrogen-bond donors (Lipinski definition) is 0. The van der Waals surface area contributed by atoms with Crippen molar-refractivity contribution >= 4 is 33.5 Å². The van der Waals surface area contributed by atoms with Gasteiger partial charge in [0.25, 0.3) is 0 Å². The van der Waals surface area contributed by atoms with Crippen LogP contribution in [0, 0.1) is 0 Å². The molecule has 0 atom stereocenters. The summed E-state index contributed by atoms with van der Waals surface area (Å²) in [6.07, 6.45) is 0.959. The highest BCUT2D eigenvalue weighted by Crippen LogP contribution is 2.28. The van der Waals surface area contributed by atoms with E-state index >= 15 is 0 Å². The van der Waals surface area contributed by atoms with Gasteiger partial charge in [-0.25, -0.2) is 0 Å². The third kappa shape index (κ3) is 4.47. The first-order valence-corrected chi connectivity index (χ1v) is 7.61. The average molecular weight is 341 g/mol. The Hall–Kier alpha value is -1.14. The van der Waals surface area contributed by atoms with Gasteiger partial charge in [-0.2, -0.15) is 4.98 Å². The van der Waals surface area contributed by atoms with Crippen LogP contribution in [0.15, 0.2) is 38.2 Å². The molecule has 100 valence electrons. The van der Waals surface area contributed by atoms with E-state index in [1.165, 1.54) is 0 Å². The van der Waals surface area contributed by atoms with E-state index in [4.69, 9.17) is 4.52 Å². The standard InChI is InChI=1S/C13H13BrN2O2S/c1-9(17)6-7-13-15-12(16-18-13)8-19-11-5-3-2-4-10(11)14/h2-5H,6-8H2,1H3. The van der Waals surface area contributed by atoms with Crippen LogP contribution in [0.2, 0.25) is 0 Å². The number of aromatic nitrogens is 2. The number of halogens is 1. The van der Waals surface area contributed by atoms with Crippen molar-refractivity contribution in [1.29, 1.82) is 0 Å². The van der Waals surface area contributed by atoms with Gasteiger partial charge in [0.15, 0.2) is 5.82 Å². The molecule has 0 saturated heterocycles. The Morgan fingerprint density at radius 3 is 2.95 bits per heavy atom. The molecule has 1 heterocycles. The molecular formula is C13H13BrN2O2S. The number of rotatable bonds is 6. The van der Waals surface area contributed by atoms with Crippen molar-refractivity contribution in [2.75, 3.05) is 0 Å². The van der Waals surface area contributed by atoms with Crippen molar-refractivity contribution in [2.45, 2.75) is 30.4 Å². The molecule has 0 saturated carbocycles. The normalized spacial score (nSPS) is 10.6. The minimum absolute atomic E-state index is 0.127. The molecule has 6 heteroatoms. The first kappa shape index (κ1) is 14.3. The number of aryl methyl sites for hydroxylation is 1. The molecule has 0 spiro atoms. The fourth-order valence-electron chi connectivity index (χ4n) is 1.44. The lowest BCUT2D eigenvalue weighted by atomic mass is 10.2. The summed E-state index contributed by atoms with van der Waals surface area (Å²) in [5.41, 5.74) is 0. The van der Waals surface area contributed by atoms with E-state index in [2.05, 4.69) is 26.1 Å². The molecule has 0 bridgehead atoms. The highest BCUT2D eigenvalue weighted by atomic mass is 79.9. The second-order valence-electron chi connectivity index (χ2n) is 4.03. The predicted octanol–water partition coefficient (Wildman–Crippen LogP) is 3.65. The maximum Gasteiger partial charge on any atom is 0.227 e. The van der Waals surface area contributed by atoms with Gasteiger partial charge >= 0.3 is 0 Å². The van der Waals surface area contributed by atoms with Crippen LogP contribution in [0.1, 0.15) is 25.1 Å². The van der Waals surface area contributed by atoms with Gasteiger partial charge in [0, 0.05) is 22.2 Å². The van der Waals surface area contributed by atoms with E-state index in [-0.39, 0.29) is 5.78 Å². The fourth-order valence-corrected chi connectivity index (χ4v) is 2.85. The molecule has 0 unspecified atom stereocenters. The number of thioether (sulfide) groups is 1. The van der Waals surface area contributed by atoms with Crippen LogP contribution < -0.4 is 0 Å². The lowest BCUT2D eigenvalue weighted by Crippen LogP contribution is -1.94. The lowest BCUT2D eigenvalue weighted by Gasteiger charge is -2.00. The van der Waals surface area contributed by atoms with Crippen molar-refractivity contribution in [3.05, 3.63) is 40.5 Å². The minimum Gasteiger partial charge on any atom is -0.339 e. The molecular weight excluding hydrogens is 328 g/mol. The molecule has 0 fully saturated rings. The lowest BCUT2D eigenvalue weighted by molar-refractivity contribution is -0.117. The van der Waals surface area contributed by atoms with Crippen LogP contribution >= 0.6 is 27.7 Å². The Morgan fingerprint density at radius 2 is 2.21 bits per heavy atom. The zero-order chi connectivity index (χ0) is 13.7. The van der Waals surface area contributed by atoms with E-state index in [0.29, 0.717) is 30.3 Å². The topological polar surface area (TPSA) is 56.0 Å². The number of carbonyl (C=O) groups is 1. The Labute approximate surface area is 124 Å². The van der Waals surface area contributed by atoms with Crippen LogP contribution in [0.4, 0.5) is 0 Å². The molecule has 0 aliphatic heterocycles. The summed E-state index contributed by atoms with van der Waals surface area (Å²) >= 11 is 5.13. The molecule has 0 N–H and O–H groups in total. The summed E-state index contributed by atoms with van der Waals surface area (Å²) in [4.78, 5) is 16.3. The Bertz CT molecular complexity index is 571. The largest absolute Gasteiger partial charge is 0.339 e. The molecule has 19 heavy (non-hydrogen) atoms. The van der Waals surface area contributed by atoms with Gasteiger partial charge in [-0.15, -0.1) is 11.8 Å². The molecule has 1 aromatic carbocycles. The fraction of sp³-hybridized carbons (Fsp3) is 0.308. The molecule has 0 aliphatic rings. The minimum atomic E-state index is 0.127. The number of benzene rings is 1. The van der Waals surface area contributed by atoms with Crippen LogP contribution in [0.3, 0.4) is 0 Å². The van der Waals surface area contributed by atoms with Gasteiger partial charge in [-0.3, -0.25) is 0 Å². The summed E-state index contributed by atoms with van der Waals surface area (Å²) in [5, 5.41) is 3.91. The maximum absolute atomic E-state index is 10.9. The monoisotopic (exact) mass is 340 g/mol. The highest BCUT2D eigenvalue weighted by Gasteiger charge is 2.08. The second-order valence-corrected chi connectivity index (χ2v) is 5.90. The summed E-state index contributed by atoms with van der Waals surface area (Å²) in [6.45, 7) is 1.56. The highest BCUT2D eigenvalue weighted by molar-refractivity contribution is 9.10. The molecule has 1 aromatic heterocycles. The van der Waals surface area contributed by atoms with E-state index in [1.807, 2.05) is 24.3 Å². The number of Topliss-reactive ketones (excluding diaryl/α,β-unsaturated/α-hetero) is 1. The number of carbonyl (C=O) groups excluding carboxylic acids is 1. The molecule has 2 aromatic rings. The smallest absolute Gasteiger partial charge is 0.227 e. The van der Waals surface area contributed by atoms with Crippen molar-refractivity contribution in [3.8, 4) is 0 Å².